The fourth-order valence-electron chi connectivity index (χ4n) is 6.38. The first kappa shape index (κ1) is 31.8. The minimum absolute atomic E-state index is 0.178. The van der Waals surface area contributed by atoms with E-state index < -0.39 is 6.03 Å². The lowest BCUT2D eigenvalue weighted by molar-refractivity contribution is 0.0299. The zero-order chi connectivity index (χ0) is 30.6. The van der Waals surface area contributed by atoms with E-state index in [1.54, 1.807) is 4.90 Å². The standard InChI is InChI=1S/C35H48N6O3/c1-28(19-33-22-40(35(36)42)25-41(33)27-44-24-31-15-9-4-10-16-31)38-32(20-29-11-5-2-6-12-29)21-34-37-17-18-39(34)26-43-23-30-13-7-3-8-14-30/h3-4,7-10,13-18,22,28-29,32,38H,2,5-6,11-12,19-21,23-27H2,1H3,(H2,36,42)/t28-,32+/m1/s1. The Bertz CT molecular complexity index is 1310. The number of aromatic nitrogens is 2. The number of carbonyl (C=O) groups excluding carboxylic acids is 1. The molecule has 3 aromatic rings. The quantitative estimate of drug-likeness (QED) is 0.210. The van der Waals surface area contributed by atoms with Crippen LogP contribution in [0.5, 0.6) is 0 Å². The smallest absolute Gasteiger partial charge is 0.320 e. The van der Waals surface area contributed by atoms with Gasteiger partial charge in [-0.15, -0.1) is 0 Å². The molecule has 0 saturated heterocycles. The molecular weight excluding hydrogens is 552 g/mol. The van der Waals surface area contributed by atoms with Crippen molar-refractivity contribution in [3.05, 3.63) is 102 Å². The van der Waals surface area contributed by atoms with Crippen LogP contribution >= 0.6 is 0 Å². The highest BCUT2D eigenvalue weighted by molar-refractivity contribution is 5.73. The van der Waals surface area contributed by atoms with Crippen molar-refractivity contribution < 1.29 is 14.3 Å². The number of ether oxygens (including phenoxy) is 2. The van der Waals surface area contributed by atoms with Gasteiger partial charge in [-0.05, 0) is 30.4 Å². The number of amides is 2. The number of imidazole rings is 1. The number of nitrogens with zero attached hydrogens (tertiary/aromatic N) is 4. The van der Waals surface area contributed by atoms with Crippen molar-refractivity contribution in [2.45, 2.75) is 90.3 Å². The van der Waals surface area contributed by atoms with E-state index in [0.29, 0.717) is 33.3 Å². The molecule has 3 N–H and O–H groups in total. The maximum absolute atomic E-state index is 12.0. The Kier molecular flexibility index (Phi) is 11.9. The summed E-state index contributed by atoms with van der Waals surface area (Å²) in [6, 6.07) is 20.4. The van der Waals surface area contributed by atoms with Crippen LogP contribution in [0.2, 0.25) is 0 Å². The second-order valence-corrected chi connectivity index (χ2v) is 12.3. The highest BCUT2D eigenvalue weighted by Gasteiger charge is 2.27. The van der Waals surface area contributed by atoms with E-state index in [4.69, 9.17) is 20.2 Å². The van der Waals surface area contributed by atoms with Gasteiger partial charge in [0, 0.05) is 49.2 Å². The third-order valence-corrected chi connectivity index (χ3v) is 8.63. The molecule has 5 rings (SSSR count). The number of urea groups is 1. The second kappa shape index (κ2) is 16.4. The van der Waals surface area contributed by atoms with Crippen molar-refractivity contribution in [2.75, 3.05) is 13.4 Å². The number of primary amides is 1. The molecule has 9 heteroatoms. The lowest BCUT2D eigenvalue weighted by Gasteiger charge is -2.30. The summed E-state index contributed by atoms with van der Waals surface area (Å²) >= 11 is 0. The van der Waals surface area contributed by atoms with Crippen molar-refractivity contribution >= 4 is 6.03 Å². The molecule has 0 unspecified atom stereocenters. The summed E-state index contributed by atoms with van der Waals surface area (Å²) in [4.78, 5) is 20.4. The van der Waals surface area contributed by atoms with Crippen molar-refractivity contribution in [1.29, 1.82) is 0 Å². The Morgan fingerprint density at radius 2 is 1.61 bits per heavy atom. The maximum atomic E-state index is 12.0. The SMILES string of the molecule is C[C@H](CC1=CN(C(N)=O)CN1COCc1ccccc1)N[C@H](Cc1nccn1COCc1ccccc1)CC1CCCCC1. The van der Waals surface area contributed by atoms with Gasteiger partial charge in [0.2, 0.25) is 0 Å². The molecule has 2 heterocycles. The Balaban J connectivity index is 1.20. The molecule has 1 aromatic heterocycles. The van der Waals surface area contributed by atoms with Gasteiger partial charge in [0.25, 0.3) is 0 Å². The molecule has 1 saturated carbocycles. The molecule has 1 aliphatic carbocycles. The molecule has 2 aromatic carbocycles. The molecule has 236 valence electrons. The summed E-state index contributed by atoms with van der Waals surface area (Å²) in [6.07, 6.45) is 15.1. The van der Waals surface area contributed by atoms with Crippen LogP contribution in [0.15, 0.2) is 85.0 Å². The molecule has 44 heavy (non-hydrogen) atoms. The number of benzene rings is 2. The normalized spacial score (nSPS) is 17.1. The Labute approximate surface area is 262 Å². The van der Waals surface area contributed by atoms with Crippen LogP contribution in [-0.4, -0.2) is 50.9 Å². The first-order valence-corrected chi connectivity index (χ1v) is 16.0. The Morgan fingerprint density at radius 1 is 0.955 bits per heavy atom. The first-order chi connectivity index (χ1) is 21.5. The molecular formula is C35H48N6O3. The summed E-state index contributed by atoms with van der Waals surface area (Å²) in [5.41, 5.74) is 8.98. The second-order valence-electron chi connectivity index (χ2n) is 12.3. The van der Waals surface area contributed by atoms with E-state index in [1.165, 1.54) is 32.1 Å². The van der Waals surface area contributed by atoms with Crippen LogP contribution in [0, 0.1) is 5.92 Å². The van der Waals surface area contributed by atoms with Crippen LogP contribution in [0.25, 0.3) is 0 Å². The van der Waals surface area contributed by atoms with E-state index >= 15 is 0 Å². The topological polar surface area (TPSA) is 97.9 Å². The fraction of sp³-hybridized carbons (Fsp3) is 0.486. The van der Waals surface area contributed by atoms with Gasteiger partial charge >= 0.3 is 6.03 Å². The summed E-state index contributed by atoms with van der Waals surface area (Å²) in [7, 11) is 0. The van der Waals surface area contributed by atoms with Crippen LogP contribution in [-0.2, 0) is 35.8 Å². The number of nitrogens with one attached hydrogen (secondary N) is 1. The van der Waals surface area contributed by atoms with E-state index in [9.17, 15) is 4.79 Å². The number of rotatable bonds is 16. The van der Waals surface area contributed by atoms with E-state index in [2.05, 4.69) is 46.0 Å². The minimum Gasteiger partial charge on any atom is -0.356 e. The third kappa shape index (κ3) is 9.67. The molecule has 1 fully saturated rings. The summed E-state index contributed by atoms with van der Waals surface area (Å²) < 4.78 is 14.2. The third-order valence-electron chi connectivity index (χ3n) is 8.63. The van der Waals surface area contributed by atoms with Crippen LogP contribution in [0.1, 0.15) is 68.8 Å². The van der Waals surface area contributed by atoms with Gasteiger partial charge in [0.1, 0.15) is 26.0 Å². The van der Waals surface area contributed by atoms with Gasteiger partial charge in [-0.2, -0.15) is 0 Å². The lowest BCUT2D eigenvalue weighted by Crippen LogP contribution is -2.41. The largest absolute Gasteiger partial charge is 0.356 e. The van der Waals surface area contributed by atoms with Crippen LogP contribution in [0.3, 0.4) is 0 Å². The van der Waals surface area contributed by atoms with Crippen molar-refractivity contribution in [3.63, 3.8) is 0 Å². The predicted octanol–water partition coefficient (Wildman–Crippen LogP) is 5.98. The maximum Gasteiger partial charge on any atom is 0.320 e. The van der Waals surface area contributed by atoms with Gasteiger partial charge in [0.05, 0.1) is 13.2 Å². The highest BCUT2D eigenvalue weighted by Crippen LogP contribution is 2.29. The molecule has 0 bridgehead atoms. The summed E-state index contributed by atoms with van der Waals surface area (Å²) in [5, 5.41) is 3.95. The van der Waals surface area contributed by atoms with Gasteiger partial charge in [-0.3, -0.25) is 4.90 Å². The summed E-state index contributed by atoms with van der Waals surface area (Å²) in [6.45, 7) is 4.58. The van der Waals surface area contributed by atoms with E-state index in [-0.39, 0.29) is 12.1 Å². The zero-order valence-electron chi connectivity index (χ0n) is 26.0. The molecule has 2 atom stereocenters. The van der Waals surface area contributed by atoms with E-state index in [0.717, 1.165) is 47.8 Å². The zero-order valence-corrected chi connectivity index (χ0v) is 26.0. The average molecular weight is 601 g/mol. The van der Waals surface area contributed by atoms with Crippen molar-refractivity contribution in [3.8, 4) is 0 Å². The average Bonchev–Trinajstić information content (AvgIpc) is 3.65. The predicted molar refractivity (Wildman–Crippen MR) is 172 cm³/mol. The molecule has 2 aliphatic rings. The van der Waals surface area contributed by atoms with Crippen molar-refractivity contribution in [2.24, 2.45) is 11.7 Å². The lowest BCUT2D eigenvalue weighted by atomic mass is 9.84. The van der Waals surface area contributed by atoms with Gasteiger partial charge in [0.15, 0.2) is 0 Å². The summed E-state index contributed by atoms with van der Waals surface area (Å²) in [5.74, 6) is 1.76. The molecule has 0 spiro atoms. The van der Waals surface area contributed by atoms with E-state index in [1.807, 2.05) is 55.0 Å². The monoisotopic (exact) mass is 600 g/mol. The fourth-order valence-corrected chi connectivity index (χ4v) is 6.38. The van der Waals surface area contributed by atoms with Crippen LogP contribution < -0.4 is 11.1 Å². The number of nitrogens with two attached hydrogens (primary N) is 1. The van der Waals surface area contributed by atoms with Gasteiger partial charge < -0.3 is 30.0 Å². The van der Waals surface area contributed by atoms with Gasteiger partial charge in [-0.1, -0.05) is 92.8 Å². The Hall–Kier alpha value is -3.66. The molecule has 1 aliphatic heterocycles. The highest BCUT2D eigenvalue weighted by atomic mass is 16.5. The molecule has 2 amide bonds. The van der Waals surface area contributed by atoms with Gasteiger partial charge in [-0.25, -0.2) is 9.78 Å². The van der Waals surface area contributed by atoms with Crippen LogP contribution in [0.4, 0.5) is 4.79 Å². The first-order valence-electron chi connectivity index (χ1n) is 16.0. The number of hydrogen-bond donors (Lipinski definition) is 2. The Morgan fingerprint density at radius 3 is 2.27 bits per heavy atom. The number of carbonyl (C=O) groups is 1. The molecule has 0 radical (unpaired) electrons. The number of hydrogen-bond acceptors (Lipinski definition) is 6. The molecule has 9 nitrogen and oxygen atoms in total. The minimum atomic E-state index is -0.454. The van der Waals surface area contributed by atoms with Crippen molar-refractivity contribution in [1.82, 2.24) is 24.7 Å².